The van der Waals surface area contributed by atoms with E-state index in [9.17, 15) is 4.79 Å². The molecule has 1 heterocycles. The van der Waals surface area contributed by atoms with Crippen LogP contribution in [0, 0.1) is 0 Å². The molecule has 2 aromatic rings. The maximum absolute atomic E-state index is 12.7. The number of rotatable bonds is 8. The van der Waals surface area contributed by atoms with E-state index < -0.39 is 0 Å². The van der Waals surface area contributed by atoms with Crippen LogP contribution < -0.4 is 14.2 Å². The summed E-state index contributed by atoms with van der Waals surface area (Å²) in [6, 6.07) is 7.16. The van der Waals surface area contributed by atoms with Gasteiger partial charge in [0.1, 0.15) is 0 Å². The Kier molecular flexibility index (Phi) is 5.83. The monoisotopic (exact) mass is 320 g/mol. The Bertz CT molecular complexity index is 620. The first-order valence-electron chi connectivity index (χ1n) is 7.36. The molecule has 118 valence electrons. The average Bonchev–Trinajstić information content (AvgIpc) is 3.05. The zero-order valence-electron chi connectivity index (χ0n) is 13.0. The second kappa shape index (κ2) is 7.84. The normalized spacial score (nSPS) is 10.3. The zero-order chi connectivity index (χ0) is 15.9. The predicted molar refractivity (Wildman–Crippen MR) is 87.7 cm³/mol. The van der Waals surface area contributed by atoms with Gasteiger partial charge in [-0.05, 0) is 44.4 Å². The lowest BCUT2D eigenvalue weighted by Crippen LogP contribution is -2.08. The van der Waals surface area contributed by atoms with Crippen molar-refractivity contribution in [3.63, 3.8) is 0 Å². The van der Waals surface area contributed by atoms with Gasteiger partial charge < -0.3 is 14.2 Å². The second-order valence-electron chi connectivity index (χ2n) is 4.37. The molecule has 5 heteroatoms. The minimum atomic E-state index is -0.0672. The minimum Gasteiger partial charge on any atom is -0.490 e. The molecule has 0 N–H and O–H groups in total. The third-order valence-electron chi connectivity index (χ3n) is 2.94. The number of hydrogen-bond donors (Lipinski definition) is 0. The van der Waals surface area contributed by atoms with Crippen LogP contribution in [-0.2, 0) is 0 Å². The molecule has 0 unspecified atom stereocenters. The van der Waals surface area contributed by atoms with Crippen molar-refractivity contribution < 1.29 is 19.0 Å². The van der Waals surface area contributed by atoms with Crippen molar-refractivity contribution in [1.29, 1.82) is 0 Å². The molecule has 0 atom stereocenters. The van der Waals surface area contributed by atoms with Crippen LogP contribution in [-0.4, -0.2) is 25.6 Å². The first-order valence-corrected chi connectivity index (χ1v) is 8.24. The number of carbonyl (C=O) groups excluding carboxylic acids is 1. The molecular weight excluding hydrogens is 300 g/mol. The predicted octanol–water partition coefficient (Wildman–Crippen LogP) is 4.18. The van der Waals surface area contributed by atoms with Crippen molar-refractivity contribution in [2.45, 2.75) is 20.8 Å². The van der Waals surface area contributed by atoms with Gasteiger partial charge in [-0.15, -0.1) is 11.3 Å². The van der Waals surface area contributed by atoms with Crippen LogP contribution in [0.3, 0.4) is 0 Å². The maximum Gasteiger partial charge on any atom is 0.206 e. The number of benzene rings is 1. The van der Waals surface area contributed by atoms with Gasteiger partial charge in [-0.1, -0.05) is 6.07 Å². The Balaban J connectivity index is 2.53. The first-order chi connectivity index (χ1) is 10.7. The fourth-order valence-electron chi connectivity index (χ4n) is 2.10. The van der Waals surface area contributed by atoms with Crippen LogP contribution in [0.5, 0.6) is 17.2 Å². The molecular formula is C17H20O4S. The van der Waals surface area contributed by atoms with Crippen LogP contribution in [0.1, 0.15) is 36.0 Å². The van der Waals surface area contributed by atoms with Gasteiger partial charge in [0.05, 0.1) is 30.3 Å². The molecule has 4 nitrogen and oxygen atoms in total. The van der Waals surface area contributed by atoms with Crippen LogP contribution in [0.4, 0.5) is 0 Å². The van der Waals surface area contributed by atoms with Gasteiger partial charge in [-0.3, -0.25) is 4.79 Å². The zero-order valence-corrected chi connectivity index (χ0v) is 13.9. The van der Waals surface area contributed by atoms with Gasteiger partial charge in [0.2, 0.25) is 11.5 Å². The summed E-state index contributed by atoms with van der Waals surface area (Å²) in [7, 11) is 0. The first kappa shape index (κ1) is 16.4. The van der Waals surface area contributed by atoms with Gasteiger partial charge >= 0.3 is 0 Å². The van der Waals surface area contributed by atoms with E-state index in [1.54, 1.807) is 18.2 Å². The fourth-order valence-corrected chi connectivity index (χ4v) is 2.78. The molecule has 0 spiro atoms. The molecule has 0 fully saturated rings. The molecule has 1 aromatic heterocycles. The van der Waals surface area contributed by atoms with Gasteiger partial charge in [0, 0.05) is 0 Å². The Morgan fingerprint density at radius 2 is 1.64 bits per heavy atom. The summed E-state index contributed by atoms with van der Waals surface area (Å²) in [5, 5.41) is 1.88. The molecule has 0 bridgehead atoms. The van der Waals surface area contributed by atoms with Crippen molar-refractivity contribution in [2.24, 2.45) is 0 Å². The smallest absolute Gasteiger partial charge is 0.206 e. The Labute approximate surface area is 134 Å². The molecule has 1 aromatic carbocycles. The summed E-state index contributed by atoms with van der Waals surface area (Å²) < 4.78 is 17.0. The van der Waals surface area contributed by atoms with Crippen molar-refractivity contribution >= 4 is 17.1 Å². The Hall–Kier alpha value is -2.01. The highest BCUT2D eigenvalue weighted by atomic mass is 32.1. The van der Waals surface area contributed by atoms with Gasteiger partial charge in [-0.25, -0.2) is 0 Å². The molecule has 0 aliphatic carbocycles. The number of hydrogen-bond acceptors (Lipinski definition) is 5. The molecule has 2 rings (SSSR count). The third kappa shape index (κ3) is 3.42. The number of ether oxygens (including phenoxy) is 3. The van der Waals surface area contributed by atoms with Crippen LogP contribution in [0.2, 0.25) is 0 Å². The summed E-state index contributed by atoms with van der Waals surface area (Å²) in [5.74, 6) is 1.47. The van der Waals surface area contributed by atoms with Crippen LogP contribution in [0.25, 0.3) is 0 Å². The number of carbonyl (C=O) groups is 1. The Morgan fingerprint density at radius 3 is 2.23 bits per heavy atom. The average molecular weight is 320 g/mol. The lowest BCUT2D eigenvalue weighted by atomic mass is 10.1. The van der Waals surface area contributed by atoms with Crippen molar-refractivity contribution in [3.8, 4) is 17.2 Å². The molecule has 0 saturated heterocycles. The van der Waals surface area contributed by atoms with Crippen LogP contribution in [0.15, 0.2) is 29.6 Å². The summed E-state index contributed by atoms with van der Waals surface area (Å²) in [6.07, 6.45) is 0. The van der Waals surface area contributed by atoms with E-state index >= 15 is 0 Å². The minimum absolute atomic E-state index is 0.0672. The molecule has 0 aliphatic heterocycles. The number of thiophene rings is 1. The fraction of sp³-hybridized carbons (Fsp3) is 0.353. The highest BCUT2D eigenvalue weighted by molar-refractivity contribution is 7.12. The van der Waals surface area contributed by atoms with E-state index in [-0.39, 0.29) is 5.78 Å². The summed E-state index contributed by atoms with van der Waals surface area (Å²) in [4.78, 5) is 13.3. The molecule has 0 saturated carbocycles. The molecule has 0 aliphatic rings. The standard InChI is InChI=1S/C17H20O4S/c1-4-19-13-10-9-12(15(18)14-8-7-11-22-14)16(20-5-2)17(13)21-6-3/h7-11H,4-6H2,1-3H3. The van der Waals surface area contributed by atoms with Crippen molar-refractivity contribution in [2.75, 3.05) is 19.8 Å². The van der Waals surface area contributed by atoms with E-state index in [1.165, 1.54) is 11.3 Å². The molecule has 22 heavy (non-hydrogen) atoms. The maximum atomic E-state index is 12.7. The lowest BCUT2D eigenvalue weighted by Gasteiger charge is -2.17. The molecule has 0 radical (unpaired) electrons. The summed E-state index contributed by atoms with van der Waals surface area (Å²) in [6.45, 7) is 7.10. The van der Waals surface area contributed by atoms with E-state index in [0.717, 1.165) is 0 Å². The van der Waals surface area contributed by atoms with E-state index in [4.69, 9.17) is 14.2 Å². The van der Waals surface area contributed by atoms with Crippen molar-refractivity contribution in [1.82, 2.24) is 0 Å². The van der Waals surface area contributed by atoms with Gasteiger partial charge in [0.25, 0.3) is 0 Å². The SMILES string of the molecule is CCOc1ccc(C(=O)c2cccs2)c(OCC)c1OCC. The van der Waals surface area contributed by atoms with E-state index in [1.807, 2.05) is 32.2 Å². The van der Waals surface area contributed by atoms with Crippen LogP contribution >= 0.6 is 11.3 Å². The molecule has 0 amide bonds. The topological polar surface area (TPSA) is 44.8 Å². The van der Waals surface area contributed by atoms with E-state index in [0.29, 0.717) is 47.5 Å². The van der Waals surface area contributed by atoms with Gasteiger partial charge in [0.15, 0.2) is 11.5 Å². The van der Waals surface area contributed by atoms with Gasteiger partial charge in [-0.2, -0.15) is 0 Å². The second-order valence-corrected chi connectivity index (χ2v) is 5.32. The summed E-state index contributed by atoms with van der Waals surface area (Å²) >= 11 is 1.41. The highest BCUT2D eigenvalue weighted by Gasteiger charge is 2.23. The third-order valence-corrected chi connectivity index (χ3v) is 3.81. The van der Waals surface area contributed by atoms with E-state index in [2.05, 4.69) is 0 Å². The quantitative estimate of drug-likeness (QED) is 0.685. The lowest BCUT2D eigenvalue weighted by molar-refractivity contribution is 0.103. The number of ketones is 1. The summed E-state index contributed by atoms with van der Waals surface area (Å²) in [5.41, 5.74) is 0.496. The largest absolute Gasteiger partial charge is 0.490 e. The Morgan fingerprint density at radius 1 is 0.955 bits per heavy atom. The highest BCUT2D eigenvalue weighted by Crippen LogP contribution is 2.41. The van der Waals surface area contributed by atoms with Crippen molar-refractivity contribution in [3.05, 3.63) is 40.1 Å².